The van der Waals surface area contributed by atoms with Crippen LogP contribution in [0, 0.1) is 34.8 Å². The van der Waals surface area contributed by atoms with E-state index in [4.69, 9.17) is 32.0 Å². The second kappa shape index (κ2) is 11.7. The lowest BCUT2D eigenvalue weighted by atomic mass is 9.86. The minimum absolute atomic E-state index is 0.0439. The summed E-state index contributed by atoms with van der Waals surface area (Å²) in [5.41, 5.74) is 6.55. The zero-order chi connectivity index (χ0) is 32.6. The van der Waals surface area contributed by atoms with Crippen molar-refractivity contribution in [2.45, 2.75) is 70.0 Å². The number of anilines is 2. The van der Waals surface area contributed by atoms with Crippen LogP contribution in [0.25, 0.3) is 32.1 Å². The highest BCUT2D eigenvalue weighted by Crippen LogP contribution is 2.48. The van der Waals surface area contributed by atoms with Gasteiger partial charge in [-0.1, -0.05) is 44.4 Å². The number of piperazine rings is 1. The van der Waals surface area contributed by atoms with Crippen LogP contribution in [0.3, 0.4) is 0 Å². The third-order valence-corrected chi connectivity index (χ3v) is 12.5. The number of ether oxygens (including phenoxy) is 1. The van der Waals surface area contributed by atoms with Crippen molar-refractivity contribution >= 4 is 54.7 Å². The summed E-state index contributed by atoms with van der Waals surface area (Å²) in [6, 6.07) is 7.27. The summed E-state index contributed by atoms with van der Waals surface area (Å²) < 4.78 is 38.7. The van der Waals surface area contributed by atoms with Gasteiger partial charge in [0.1, 0.15) is 34.8 Å². The Morgan fingerprint density at radius 1 is 1.11 bits per heavy atom. The number of aromatic nitrogens is 2. The quantitative estimate of drug-likeness (QED) is 0.213. The van der Waals surface area contributed by atoms with Crippen LogP contribution in [0.15, 0.2) is 18.2 Å². The summed E-state index contributed by atoms with van der Waals surface area (Å²) in [5, 5.41) is 14.6. The number of nitrogens with one attached hydrogen (secondary N) is 1. The standard InChI is InChI=1S/C35H38ClF2N7OS/c1-3-18-10-35(11-19(4-2)14-45(35)13-18)17-46-34-42-30-23(33(43-34)44-15-20-5-6-21(16-44)41-20)9-25(36)28(29(30)38)22-7-8-26(37)31-27(22)24(12-39)32(40)47-31/h7-9,18-21,41H,3-6,10-11,13-17,40H2,1-2H3/t18?,19?,20-,21+,35?. The van der Waals surface area contributed by atoms with Gasteiger partial charge in [-0.2, -0.15) is 15.2 Å². The van der Waals surface area contributed by atoms with Crippen molar-refractivity contribution in [2.75, 3.05) is 43.4 Å². The molecule has 8 nitrogen and oxygen atoms in total. The Morgan fingerprint density at radius 3 is 2.47 bits per heavy atom. The molecule has 4 fully saturated rings. The first-order valence-electron chi connectivity index (χ1n) is 16.7. The Labute approximate surface area is 281 Å². The summed E-state index contributed by atoms with van der Waals surface area (Å²) in [4.78, 5) is 14.5. The maximum Gasteiger partial charge on any atom is 0.319 e. The molecule has 4 aliphatic rings. The lowest BCUT2D eigenvalue weighted by molar-refractivity contribution is 0.107. The van der Waals surface area contributed by atoms with E-state index in [1.165, 1.54) is 12.1 Å². The third kappa shape index (κ3) is 5.02. The van der Waals surface area contributed by atoms with Crippen molar-refractivity contribution in [3.63, 3.8) is 0 Å². The van der Waals surface area contributed by atoms with Crippen molar-refractivity contribution in [3.8, 4) is 23.2 Å². The van der Waals surface area contributed by atoms with Crippen molar-refractivity contribution in [1.82, 2.24) is 20.2 Å². The molecule has 2 bridgehead atoms. The largest absolute Gasteiger partial charge is 0.461 e. The first kappa shape index (κ1) is 31.0. The number of fused-ring (bicyclic) bond motifs is 5. The van der Waals surface area contributed by atoms with Crippen molar-refractivity contribution in [1.29, 1.82) is 5.26 Å². The fourth-order valence-electron chi connectivity index (χ4n) is 8.78. The van der Waals surface area contributed by atoms with E-state index in [9.17, 15) is 9.65 Å². The number of nitrogens with two attached hydrogens (primary N) is 1. The number of nitrogens with zero attached hydrogens (tertiary/aromatic N) is 5. The number of thiophene rings is 1. The number of benzene rings is 2. The monoisotopic (exact) mass is 677 g/mol. The Kier molecular flexibility index (Phi) is 7.71. The molecule has 0 aliphatic carbocycles. The summed E-state index contributed by atoms with van der Waals surface area (Å²) in [5.74, 6) is 0.650. The van der Waals surface area contributed by atoms with Gasteiger partial charge in [0.2, 0.25) is 0 Å². The molecule has 0 amide bonds. The van der Waals surface area contributed by atoms with Gasteiger partial charge in [0.25, 0.3) is 0 Å². The van der Waals surface area contributed by atoms with E-state index in [0.29, 0.717) is 47.3 Å². The van der Waals surface area contributed by atoms with Gasteiger partial charge in [-0.15, -0.1) is 11.3 Å². The van der Waals surface area contributed by atoms with Crippen LogP contribution in [0.5, 0.6) is 6.01 Å². The topological polar surface area (TPSA) is 103 Å². The zero-order valence-electron chi connectivity index (χ0n) is 26.6. The lowest BCUT2D eigenvalue weighted by Gasteiger charge is -2.35. The molecule has 0 radical (unpaired) electrons. The Hall–Kier alpha value is -3.30. The fraction of sp³-hybridized carbons (Fsp3) is 0.514. The molecule has 2 unspecified atom stereocenters. The minimum atomic E-state index is -0.667. The smallest absolute Gasteiger partial charge is 0.319 e. The Morgan fingerprint density at radius 2 is 1.81 bits per heavy atom. The van der Waals surface area contributed by atoms with Crippen LogP contribution in [0.4, 0.5) is 19.6 Å². The number of hydrogen-bond donors (Lipinski definition) is 2. The fourth-order valence-corrected chi connectivity index (χ4v) is 10.0. The van der Waals surface area contributed by atoms with Crippen LogP contribution in [0.2, 0.25) is 5.02 Å². The van der Waals surface area contributed by atoms with Gasteiger partial charge in [-0.25, -0.2) is 8.78 Å². The average Bonchev–Trinajstić information content (AvgIpc) is 3.79. The van der Waals surface area contributed by atoms with E-state index < -0.39 is 11.6 Å². The summed E-state index contributed by atoms with van der Waals surface area (Å²) in [6.45, 7) is 8.56. The molecule has 3 N–H and O–H groups in total. The zero-order valence-corrected chi connectivity index (χ0v) is 28.2. The molecule has 12 heteroatoms. The van der Waals surface area contributed by atoms with E-state index >= 15 is 4.39 Å². The summed E-state index contributed by atoms with van der Waals surface area (Å²) in [7, 11) is 0. The molecule has 4 saturated heterocycles. The van der Waals surface area contributed by atoms with Crippen LogP contribution in [0.1, 0.15) is 57.9 Å². The van der Waals surface area contributed by atoms with Crippen molar-refractivity contribution in [2.24, 2.45) is 11.8 Å². The second-order valence-corrected chi connectivity index (χ2v) is 15.4. The van der Waals surface area contributed by atoms with Gasteiger partial charge in [-0.3, -0.25) is 4.90 Å². The van der Waals surface area contributed by atoms with Gasteiger partial charge in [0.15, 0.2) is 5.82 Å². The molecule has 2 aromatic heterocycles. The predicted octanol–water partition coefficient (Wildman–Crippen LogP) is 7.12. The van der Waals surface area contributed by atoms with Gasteiger partial charge < -0.3 is 20.7 Å². The summed E-state index contributed by atoms with van der Waals surface area (Å²) >= 11 is 7.87. The lowest BCUT2D eigenvalue weighted by Crippen LogP contribution is -2.51. The number of nitrogen functional groups attached to an aromatic ring is 1. The highest BCUT2D eigenvalue weighted by molar-refractivity contribution is 7.23. The van der Waals surface area contributed by atoms with E-state index in [2.05, 4.69) is 35.0 Å². The van der Waals surface area contributed by atoms with Gasteiger partial charge in [0.05, 0.1) is 20.8 Å². The van der Waals surface area contributed by atoms with Crippen LogP contribution in [-0.2, 0) is 0 Å². The van der Waals surface area contributed by atoms with Gasteiger partial charge >= 0.3 is 6.01 Å². The first-order valence-corrected chi connectivity index (χ1v) is 17.9. The Balaban J connectivity index is 1.26. The molecule has 246 valence electrons. The molecule has 4 aliphatic heterocycles. The molecule has 47 heavy (non-hydrogen) atoms. The average molecular weight is 678 g/mol. The highest BCUT2D eigenvalue weighted by Gasteiger charge is 2.51. The normalized spacial score (nSPS) is 27.2. The van der Waals surface area contributed by atoms with Crippen molar-refractivity contribution in [3.05, 3.63) is 40.4 Å². The minimum Gasteiger partial charge on any atom is -0.461 e. The van der Waals surface area contributed by atoms with E-state index in [1.54, 1.807) is 6.07 Å². The molecule has 2 aromatic carbocycles. The van der Waals surface area contributed by atoms with Gasteiger partial charge in [0, 0.05) is 54.6 Å². The van der Waals surface area contributed by atoms with Crippen LogP contribution >= 0.6 is 22.9 Å². The van der Waals surface area contributed by atoms with E-state index in [0.717, 1.165) is 76.0 Å². The molecular formula is C35H38ClF2N7OS. The van der Waals surface area contributed by atoms with Gasteiger partial charge in [-0.05, 0) is 55.2 Å². The third-order valence-electron chi connectivity index (χ3n) is 11.1. The van der Waals surface area contributed by atoms with E-state index in [1.807, 2.05) is 0 Å². The summed E-state index contributed by atoms with van der Waals surface area (Å²) in [6.07, 6.45) is 6.56. The molecular weight excluding hydrogens is 640 g/mol. The number of hydrogen-bond acceptors (Lipinski definition) is 9. The molecule has 4 atom stereocenters. The number of halogens is 3. The maximum absolute atomic E-state index is 17.1. The number of rotatable bonds is 7. The SMILES string of the molecule is CCC1CN2CC(CC)CC2(COc2nc(N3C[C@H]4CC[C@@H](C3)N4)c3cc(Cl)c(-c4ccc(F)c5sc(N)c(C#N)c45)c(F)c3n2)C1. The van der Waals surface area contributed by atoms with E-state index in [-0.39, 0.29) is 48.3 Å². The maximum atomic E-state index is 17.1. The molecule has 0 spiro atoms. The first-order chi connectivity index (χ1) is 22.7. The van der Waals surface area contributed by atoms with Crippen LogP contribution in [-0.4, -0.2) is 65.3 Å². The number of nitriles is 1. The Bertz CT molecular complexity index is 1920. The van der Waals surface area contributed by atoms with Crippen molar-refractivity contribution < 1.29 is 13.5 Å². The second-order valence-electron chi connectivity index (χ2n) is 13.9. The molecule has 0 saturated carbocycles. The van der Waals surface area contributed by atoms with Crippen LogP contribution < -0.4 is 20.7 Å². The molecule has 4 aromatic rings. The molecule has 8 rings (SSSR count). The molecule has 6 heterocycles. The highest BCUT2D eigenvalue weighted by atomic mass is 35.5. The predicted molar refractivity (Wildman–Crippen MR) is 183 cm³/mol.